The van der Waals surface area contributed by atoms with E-state index in [-0.39, 0.29) is 108 Å². The van der Waals surface area contributed by atoms with Crippen LogP contribution in [-0.4, -0.2) is 225 Å². The molecule has 0 saturated carbocycles. The van der Waals surface area contributed by atoms with Crippen molar-refractivity contribution in [1.29, 1.82) is 0 Å². The van der Waals surface area contributed by atoms with Gasteiger partial charge in [0.05, 0.1) is 138 Å². The molecule has 0 spiro atoms. The molecule has 476 valence electrons. The minimum atomic E-state index is -1.16. The number of carboxylic acid groups (broad SMARTS) is 2. The average Bonchev–Trinajstić information content (AvgIpc) is 3.88. The lowest BCUT2D eigenvalue weighted by molar-refractivity contribution is -0.142. The summed E-state index contributed by atoms with van der Waals surface area (Å²) < 4.78 is 67.2. The van der Waals surface area contributed by atoms with Crippen molar-refractivity contribution in [1.82, 2.24) is 25.6 Å². The fourth-order valence-electron chi connectivity index (χ4n) is 7.73. The Hall–Kier alpha value is -4.12. The van der Waals surface area contributed by atoms with Crippen LogP contribution in [0, 0.1) is 0 Å². The van der Waals surface area contributed by atoms with E-state index >= 15 is 0 Å². The minimum Gasteiger partial charge on any atom is -0.481 e. The molecular weight excluding hydrogens is 1070 g/mol. The first-order valence-corrected chi connectivity index (χ1v) is 29.9. The lowest BCUT2D eigenvalue weighted by Crippen LogP contribution is -2.41. The number of aromatic nitrogens is 3. The number of Topliss-reactive ketones (excluding diaryl/α,β-unsaturated/α-hetero) is 2. The minimum absolute atomic E-state index is 0.00973. The number of nitrogens with one attached hydrogen (secondary N) is 2. The SMILES string of the molecule is Cn1cc(COCCOCCOCCOCCOCCOCCOCCOCCCC(=O)COCCOCCNC(=O)COCCOCCCC(=O)CC[C@H](NC(=O)CCCCCCCCCCCCCCCCC(=O)O)C(=O)O)nn1. The number of carbonyl (C=O) groups is 6. The predicted octanol–water partition coefficient (Wildman–Crippen LogP) is 5.00. The Morgan fingerprint density at radius 2 is 0.817 bits per heavy atom. The maximum absolute atomic E-state index is 12.4. The van der Waals surface area contributed by atoms with Gasteiger partial charge in [-0.25, -0.2) is 4.79 Å². The van der Waals surface area contributed by atoms with Gasteiger partial charge >= 0.3 is 11.9 Å². The van der Waals surface area contributed by atoms with Crippen LogP contribution in [0.3, 0.4) is 0 Å². The zero-order valence-corrected chi connectivity index (χ0v) is 49.5. The molecule has 1 heterocycles. The first kappa shape index (κ1) is 75.9. The number of hydrogen-bond acceptors (Lipinski definition) is 20. The number of amides is 2. The van der Waals surface area contributed by atoms with Crippen molar-refractivity contribution in [3.63, 3.8) is 0 Å². The number of nitrogens with zero attached hydrogens (tertiary/aromatic N) is 3. The van der Waals surface area contributed by atoms with Crippen molar-refractivity contribution in [3.8, 4) is 0 Å². The Kier molecular flexibility index (Phi) is 54.3. The molecule has 0 aromatic carbocycles. The van der Waals surface area contributed by atoms with Gasteiger partial charge in [0.2, 0.25) is 11.8 Å². The first-order chi connectivity index (χ1) is 40.1. The number of aryl methyl sites for hydroxylation is 1. The van der Waals surface area contributed by atoms with E-state index in [9.17, 15) is 33.9 Å². The molecule has 1 aromatic rings. The zero-order chi connectivity index (χ0) is 59.5. The summed E-state index contributed by atoms with van der Waals surface area (Å²) >= 11 is 0. The summed E-state index contributed by atoms with van der Waals surface area (Å²) in [4.78, 5) is 71.1. The van der Waals surface area contributed by atoms with Crippen molar-refractivity contribution in [3.05, 3.63) is 11.9 Å². The number of carboxylic acids is 2. The van der Waals surface area contributed by atoms with E-state index in [0.29, 0.717) is 138 Å². The van der Waals surface area contributed by atoms with Gasteiger partial charge in [0.15, 0.2) is 5.78 Å². The predicted molar refractivity (Wildman–Crippen MR) is 301 cm³/mol. The number of ketones is 2. The number of aliphatic carboxylic acids is 2. The second-order valence-corrected chi connectivity index (χ2v) is 19.5. The summed E-state index contributed by atoms with van der Waals surface area (Å²) in [6.45, 7) is 8.95. The van der Waals surface area contributed by atoms with Gasteiger partial charge in [-0.2, -0.15) is 0 Å². The molecule has 0 bridgehead atoms. The molecule has 1 rings (SSSR count). The number of carbonyl (C=O) groups excluding carboxylic acids is 4. The maximum atomic E-state index is 12.4. The molecule has 0 saturated heterocycles. The van der Waals surface area contributed by atoms with E-state index in [4.69, 9.17) is 61.9 Å². The summed E-state index contributed by atoms with van der Waals surface area (Å²) in [5.41, 5.74) is 0.781. The van der Waals surface area contributed by atoms with E-state index < -0.39 is 18.0 Å². The van der Waals surface area contributed by atoms with Gasteiger partial charge < -0.3 is 77.7 Å². The number of hydrogen-bond donors (Lipinski definition) is 4. The van der Waals surface area contributed by atoms with E-state index in [1.54, 1.807) is 4.68 Å². The Bertz CT molecular complexity index is 1700. The Morgan fingerprint density at radius 3 is 1.26 bits per heavy atom. The largest absolute Gasteiger partial charge is 0.481 e. The van der Waals surface area contributed by atoms with Crippen LogP contribution in [0.2, 0.25) is 0 Å². The monoisotopic (exact) mass is 1180 g/mol. The Morgan fingerprint density at radius 1 is 0.427 bits per heavy atom. The molecule has 0 radical (unpaired) electrons. The molecule has 4 N–H and O–H groups in total. The van der Waals surface area contributed by atoms with Crippen LogP contribution < -0.4 is 10.6 Å². The Labute approximate surface area is 486 Å². The lowest BCUT2D eigenvalue weighted by atomic mass is 10.0. The Balaban J connectivity index is 1.78. The first-order valence-electron chi connectivity index (χ1n) is 29.9. The van der Waals surface area contributed by atoms with Crippen LogP contribution in [0.4, 0.5) is 0 Å². The normalized spacial score (nSPS) is 11.8. The molecule has 1 atom stereocenters. The fourth-order valence-corrected chi connectivity index (χ4v) is 7.73. The van der Waals surface area contributed by atoms with Gasteiger partial charge in [0.1, 0.15) is 30.7 Å². The highest BCUT2D eigenvalue weighted by Gasteiger charge is 2.21. The summed E-state index contributed by atoms with van der Waals surface area (Å²) in [6, 6.07) is -1.11. The van der Waals surface area contributed by atoms with Crippen molar-refractivity contribution in [2.24, 2.45) is 7.05 Å². The zero-order valence-electron chi connectivity index (χ0n) is 49.5. The second kappa shape index (κ2) is 58.6. The van der Waals surface area contributed by atoms with Gasteiger partial charge in [0.25, 0.3) is 0 Å². The molecule has 0 aliphatic heterocycles. The summed E-state index contributed by atoms with van der Waals surface area (Å²) in [6.07, 6.45) is 19.1. The van der Waals surface area contributed by atoms with Crippen molar-refractivity contribution >= 4 is 35.3 Å². The van der Waals surface area contributed by atoms with E-state index in [0.717, 1.165) is 44.2 Å². The van der Waals surface area contributed by atoms with Crippen LogP contribution >= 0.6 is 0 Å². The number of ether oxygens (including phenoxy) is 12. The lowest BCUT2D eigenvalue weighted by Gasteiger charge is -2.14. The highest BCUT2D eigenvalue weighted by atomic mass is 16.6. The third kappa shape index (κ3) is 55.1. The molecule has 0 aliphatic rings. The molecular formula is C57H103N5O20. The van der Waals surface area contributed by atoms with Gasteiger partial charge in [0, 0.05) is 58.9 Å². The molecule has 0 fully saturated rings. The molecule has 82 heavy (non-hydrogen) atoms. The molecule has 25 nitrogen and oxygen atoms in total. The molecule has 0 unspecified atom stereocenters. The van der Waals surface area contributed by atoms with E-state index in [1.165, 1.54) is 44.9 Å². The average molecular weight is 1180 g/mol. The van der Waals surface area contributed by atoms with Crippen LogP contribution in [0.5, 0.6) is 0 Å². The van der Waals surface area contributed by atoms with Crippen LogP contribution in [0.1, 0.15) is 147 Å². The van der Waals surface area contributed by atoms with Crippen molar-refractivity contribution < 1.29 is 95.8 Å². The van der Waals surface area contributed by atoms with Gasteiger partial charge in [-0.1, -0.05) is 82.3 Å². The third-order valence-corrected chi connectivity index (χ3v) is 12.2. The third-order valence-electron chi connectivity index (χ3n) is 12.2. The van der Waals surface area contributed by atoms with Crippen molar-refractivity contribution in [2.75, 3.05) is 159 Å². The van der Waals surface area contributed by atoms with E-state index in [1.807, 2.05) is 13.2 Å². The van der Waals surface area contributed by atoms with Crippen molar-refractivity contribution in [2.45, 2.75) is 154 Å². The topological polar surface area (TPSA) is 308 Å². The standard InChI is InChI=1S/C57H103N5O20/c1-62-46-50(60-61-62)47-80-43-42-79-39-38-78-37-36-77-35-34-76-33-32-75-31-30-74-29-28-71-26-17-19-52(64)48-81-44-41-73-27-24-58-55(66)49-82-45-40-72-25-16-18-51(63)22-23-53(57(69)70)59-54(65)20-14-12-10-8-6-4-2-3-5-7-9-11-13-15-21-56(67)68/h46,53H,2-45,47-49H2,1H3,(H,58,66)(H,59,65)(H,67,68)(H,69,70)/t53-/m0/s1. The molecule has 1 aromatic heterocycles. The molecule has 25 heteroatoms. The number of unbranched alkanes of at least 4 members (excludes halogenated alkanes) is 13. The van der Waals surface area contributed by atoms with Gasteiger partial charge in [-0.3, -0.25) is 28.7 Å². The van der Waals surface area contributed by atoms with Crippen LogP contribution in [0.15, 0.2) is 6.20 Å². The molecule has 0 aliphatic carbocycles. The van der Waals surface area contributed by atoms with Crippen LogP contribution in [0.25, 0.3) is 0 Å². The summed E-state index contributed by atoms with van der Waals surface area (Å²) in [7, 11) is 1.81. The number of rotatable bonds is 66. The van der Waals surface area contributed by atoms with E-state index in [2.05, 4.69) is 20.9 Å². The highest BCUT2D eigenvalue weighted by molar-refractivity contribution is 5.84. The van der Waals surface area contributed by atoms with Gasteiger partial charge in [-0.15, -0.1) is 5.10 Å². The van der Waals surface area contributed by atoms with Gasteiger partial charge in [-0.05, 0) is 32.1 Å². The fraction of sp³-hybridized carbons (Fsp3) is 0.860. The second-order valence-electron chi connectivity index (χ2n) is 19.5. The molecule has 2 amide bonds. The highest BCUT2D eigenvalue weighted by Crippen LogP contribution is 2.14. The maximum Gasteiger partial charge on any atom is 0.326 e. The quantitative estimate of drug-likeness (QED) is 0.0623. The van der Waals surface area contributed by atoms with Crippen LogP contribution in [-0.2, 0) is 99.3 Å². The smallest absolute Gasteiger partial charge is 0.326 e. The summed E-state index contributed by atoms with van der Waals surface area (Å²) in [5.74, 6) is -2.63. The summed E-state index contributed by atoms with van der Waals surface area (Å²) in [5, 5.41) is 31.3.